The lowest BCUT2D eigenvalue weighted by atomic mass is 9.77. The molecule has 2 aromatic carbocycles. The molecule has 3 unspecified atom stereocenters. The van der Waals surface area contributed by atoms with Gasteiger partial charge in [-0.25, -0.2) is 0 Å². The third kappa shape index (κ3) is 2.10. The Bertz CT molecular complexity index is 700. The smallest absolute Gasteiger partial charge is 0.0553 e. The van der Waals surface area contributed by atoms with E-state index in [1.54, 1.807) is 0 Å². The van der Waals surface area contributed by atoms with Crippen molar-refractivity contribution in [2.75, 3.05) is 24.3 Å². The quantitative estimate of drug-likeness (QED) is 0.814. The van der Waals surface area contributed by atoms with Crippen LogP contribution in [0.15, 0.2) is 60.7 Å². The Balaban J connectivity index is 1.71. The zero-order chi connectivity index (χ0) is 15.1. The van der Waals surface area contributed by atoms with Crippen LogP contribution >= 0.6 is 0 Å². The molecule has 112 valence electrons. The summed E-state index contributed by atoms with van der Waals surface area (Å²) in [4.78, 5) is 2.15. The van der Waals surface area contributed by atoms with Gasteiger partial charge in [0.2, 0.25) is 0 Å². The van der Waals surface area contributed by atoms with Crippen LogP contribution in [0.2, 0.25) is 0 Å². The predicted molar refractivity (Wildman–Crippen MR) is 93.6 cm³/mol. The van der Waals surface area contributed by atoms with E-state index in [-0.39, 0.29) is 0 Å². The van der Waals surface area contributed by atoms with Gasteiger partial charge in [0.05, 0.1) is 6.04 Å². The molecule has 1 aliphatic carbocycles. The predicted octanol–water partition coefficient (Wildman–Crippen LogP) is 4.58. The van der Waals surface area contributed by atoms with Gasteiger partial charge < -0.3 is 10.2 Å². The average Bonchev–Trinajstić information content (AvgIpc) is 3.04. The second-order valence-corrected chi connectivity index (χ2v) is 6.55. The monoisotopic (exact) mass is 290 g/mol. The molecule has 2 aromatic rings. The zero-order valence-corrected chi connectivity index (χ0v) is 13.2. The molecular weight excluding hydrogens is 268 g/mol. The topological polar surface area (TPSA) is 15.3 Å². The van der Waals surface area contributed by atoms with Crippen molar-refractivity contribution in [3.8, 4) is 0 Å². The van der Waals surface area contributed by atoms with Crippen LogP contribution in [-0.2, 0) is 0 Å². The van der Waals surface area contributed by atoms with Crippen molar-refractivity contribution in [1.82, 2.24) is 0 Å². The lowest BCUT2D eigenvalue weighted by molar-refractivity contribution is 0.425. The summed E-state index contributed by atoms with van der Waals surface area (Å²) in [5, 5.41) is 3.78. The zero-order valence-electron chi connectivity index (χ0n) is 13.2. The van der Waals surface area contributed by atoms with Crippen LogP contribution in [0.4, 0.5) is 11.4 Å². The Labute approximate surface area is 132 Å². The first-order valence-electron chi connectivity index (χ1n) is 8.03. The van der Waals surface area contributed by atoms with Crippen molar-refractivity contribution >= 4 is 11.4 Å². The van der Waals surface area contributed by atoms with Crippen molar-refractivity contribution in [2.45, 2.75) is 18.4 Å². The largest absolute Gasteiger partial charge is 0.378 e. The lowest BCUT2D eigenvalue weighted by Crippen LogP contribution is -2.29. The van der Waals surface area contributed by atoms with Crippen LogP contribution < -0.4 is 10.2 Å². The summed E-state index contributed by atoms with van der Waals surface area (Å²) in [5.74, 6) is 1.18. The third-order valence-corrected chi connectivity index (χ3v) is 5.04. The van der Waals surface area contributed by atoms with Gasteiger partial charge in [-0.15, -0.1) is 0 Å². The van der Waals surface area contributed by atoms with E-state index >= 15 is 0 Å². The van der Waals surface area contributed by atoms with E-state index in [1.807, 2.05) is 0 Å². The van der Waals surface area contributed by atoms with Gasteiger partial charge in [0.1, 0.15) is 0 Å². The maximum absolute atomic E-state index is 3.78. The van der Waals surface area contributed by atoms with Gasteiger partial charge >= 0.3 is 0 Å². The van der Waals surface area contributed by atoms with E-state index in [4.69, 9.17) is 0 Å². The Morgan fingerprint density at radius 2 is 1.77 bits per heavy atom. The van der Waals surface area contributed by atoms with Crippen LogP contribution in [0, 0.1) is 5.92 Å². The minimum atomic E-state index is 0.395. The second kappa shape index (κ2) is 5.20. The van der Waals surface area contributed by atoms with Crippen LogP contribution in [-0.4, -0.2) is 14.1 Å². The molecule has 4 rings (SSSR count). The molecule has 0 saturated carbocycles. The molecule has 3 atom stereocenters. The highest BCUT2D eigenvalue weighted by atomic mass is 15.1. The fourth-order valence-corrected chi connectivity index (χ4v) is 3.85. The van der Waals surface area contributed by atoms with Gasteiger partial charge in [-0.2, -0.15) is 0 Å². The number of nitrogens with one attached hydrogen (secondary N) is 1. The molecule has 1 N–H and O–H groups in total. The van der Waals surface area contributed by atoms with E-state index < -0.39 is 0 Å². The highest BCUT2D eigenvalue weighted by molar-refractivity contribution is 5.60. The summed E-state index contributed by atoms with van der Waals surface area (Å²) < 4.78 is 0. The molecule has 0 saturated heterocycles. The summed E-state index contributed by atoms with van der Waals surface area (Å²) in [6.45, 7) is 0. The minimum Gasteiger partial charge on any atom is -0.378 e. The number of rotatable bonds is 2. The highest BCUT2D eigenvalue weighted by Crippen LogP contribution is 2.49. The standard InChI is InChI=1S/C20H22N2/c1-22(2)15-12-10-14(11-13-15)20-18-8-5-7-16(18)17-6-3-4-9-19(17)21-20/h3-7,9-13,16,18,20-21H,8H2,1-2H3. The van der Waals surface area contributed by atoms with Crippen molar-refractivity contribution in [3.05, 3.63) is 71.8 Å². The number of hydrogen-bond donors (Lipinski definition) is 1. The average molecular weight is 290 g/mol. The van der Waals surface area contributed by atoms with Crippen molar-refractivity contribution in [1.29, 1.82) is 0 Å². The van der Waals surface area contributed by atoms with Crippen molar-refractivity contribution in [3.63, 3.8) is 0 Å². The summed E-state index contributed by atoms with van der Waals surface area (Å²) in [5.41, 5.74) is 5.37. The fourth-order valence-electron chi connectivity index (χ4n) is 3.85. The highest BCUT2D eigenvalue weighted by Gasteiger charge is 2.37. The van der Waals surface area contributed by atoms with E-state index in [2.05, 4.69) is 85.0 Å². The number of fused-ring (bicyclic) bond motifs is 3. The van der Waals surface area contributed by atoms with E-state index in [9.17, 15) is 0 Å². The van der Waals surface area contributed by atoms with Gasteiger partial charge in [0.25, 0.3) is 0 Å². The molecule has 2 nitrogen and oxygen atoms in total. The molecule has 0 bridgehead atoms. The normalized spacial score (nSPS) is 25.3. The third-order valence-electron chi connectivity index (χ3n) is 5.04. The number of allylic oxidation sites excluding steroid dienone is 2. The summed E-state index contributed by atoms with van der Waals surface area (Å²) >= 11 is 0. The van der Waals surface area contributed by atoms with Crippen LogP contribution in [0.1, 0.15) is 29.5 Å². The Hall–Kier alpha value is -2.22. The molecular formula is C20H22N2. The van der Waals surface area contributed by atoms with Crippen LogP contribution in [0.3, 0.4) is 0 Å². The molecule has 1 aliphatic heterocycles. The number of anilines is 2. The molecule has 22 heavy (non-hydrogen) atoms. The summed E-state index contributed by atoms with van der Waals surface area (Å²) in [6, 6.07) is 18.1. The minimum absolute atomic E-state index is 0.395. The van der Waals surface area contributed by atoms with Gasteiger partial charge in [0, 0.05) is 31.4 Å². The van der Waals surface area contributed by atoms with Crippen molar-refractivity contribution < 1.29 is 0 Å². The molecule has 0 spiro atoms. The molecule has 0 amide bonds. The molecule has 2 heteroatoms. The first-order chi connectivity index (χ1) is 10.7. The first kappa shape index (κ1) is 13.4. The van der Waals surface area contributed by atoms with Crippen molar-refractivity contribution in [2.24, 2.45) is 5.92 Å². The van der Waals surface area contributed by atoms with Gasteiger partial charge in [-0.3, -0.25) is 0 Å². The van der Waals surface area contributed by atoms with Gasteiger partial charge in [-0.05, 0) is 41.7 Å². The molecule has 0 fully saturated rings. The molecule has 1 heterocycles. The number of nitrogens with zero attached hydrogens (tertiary/aromatic N) is 1. The number of para-hydroxylation sites is 1. The van der Waals surface area contributed by atoms with Gasteiger partial charge in [0.15, 0.2) is 0 Å². The van der Waals surface area contributed by atoms with E-state index in [0.29, 0.717) is 17.9 Å². The second-order valence-electron chi connectivity index (χ2n) is 6.55. The maximum Gasteiger partial charge on any atom is 0.0553 e. The lowest BCUT2D eigenvalue weighted by Gasteiger charge is -2.37. The summed E-state index contributed by atoms with van der Waals surface area (Å²) in [7, 11) is 4.17. The Morgan fingerprint density at radius 1 is 1.00 bits per heavy atom. The number of benzene rings is 2. The number of hydrogen-bond acceptors (Lipinski definition) is 2. The van der Waals surface area contributed by atoms with Crippen LogP contribution in [0.25, 0.3) is 0 Å². The molecule has 0 radical (unpaired) electrons. The molecule has 0 aromatic heterocycles. The maximum atomic E-state index is 3.78. The fraction of sp³-hybridized carbons (Fsp3) is 0.300. The summed E-state index contributed by atoms with van der Waals surface area (Å²) in [6.07, 6.45) is 5.90. The first-order valence-corrected chi connectivity index (χ1v) is 8.03. The SMILES string of the molecule is CN(C)c1ccc(C2Nc3ccccc3C3C=CCC32)cc1. The molecule has 2 aliphatic rings. The Kier molecular flexibility index (Phi) is 3.18. The van der Waals surface area contributed by atoms with E-state index in [0.717, 1.165) is 6.42 Å². The van der Waals surface area contributed by atoms with Crippen LogP contribution in [0.5, 0.6) is 0 Å². The Morgan fingerprint density at radius 3 is 2.55 bits per heavy atom. The van der Waals surface area contributed by atoms with E-state index in [1.165, 1.54) is 22.5 Å². The van der Waals surface area contributed by atoms with Gasteiger partial charge in [-0.1, -0.05) is 42.5 Å².